The molecule has 2 aromatic rings. The zero-order chi connectivity index (χ0) is 9.10. The molecule has 66 valence electrons. The molecule has 0 N–H and O–H groups in total. The summed E-state index contributed by atoms with van der Waals surface area (Å²) in [6, 6.07) is 7.45. The van der Waals surface area contributed by atoms with Crippen molar-refractivity contribution in [2.75, 3.05) is 7.11 Å². The molecule has 0 atom stereocenters. The van der Waals surface area contributed by atoms with Gasteiger partial charge in [-0.05, 0) is 12.1 Å². The fraction of sp³-hybridized carbons (Fsp3) is 0.111. The molecule has 13 heavy (non-hydrogen) atoms. The van der Waals surface area contributed by atoms with Crippen LogP contribution in [0.15, 0.2) is 36.7 Å². The van der Waals surface area contributed by atoms with E-state index >= 15 is 0 Å². The van der Waals surface area contributed by atoms with Crippen LogP contribution in [-0.4, -0.2) is 21.9 Å². The van der Waals surface area contributed by atoms with E-state index in [2.05, 4.69) is 10.1 Å². The van der Waals surface area contributed by atoms with Crippen LogP contribution < -0.4 is 4.74 Å². The van der Waals surface area contributed by atoms with Crippen molar-refractivity contribution in [2.24, 2.45) is 0 Å². The monoisotopic (exact) mass is 175 g/mol. The van der Waals surface area contributed by atoms with Crippen molar-refractivity contribution in [1.29, 1.82) is 0 Å². The number of methoxy groups -OCH3 is 1. The van der Waals surface area contributed by atoms with E-state index in [-0.39, 0.29) is 0 Å². The van der Waals surface area contributed by atoms with Crippen LogP contribution in [0.2, 0.25) is 0 Å². The van der Waals surface area contributed by atoms with Crippen molar-refractivity contribution in [3.63, 3.8) is 0 Å². The van der Waals surface area contributed by atoms with Gasteiger partial charge < -0.3 is 4.74 Å². The fourth-order valence-corrected chi connectivity index (χ4v) is 1.03. The van der Waals surface area contributed by atoms with E-state index in [1.54, 1.807) is 30.3 Å². The lowest BCUT2D eigenvalue weighted by molar-refractivity contribution is 0.394. The molecule has 4 heteroatoms. The molecule has 0 aromatic carbocycles. The molecular formula is C9H9N3O. The Morgan fingerprint density at radius 3 is 2.85 bits per heavy atom. The quantitative estimate of drug-likeness (QED) is 0.690. The molecule has 0 amide bonds. The molecule has 0 aliphatic carbocycles. The molecule has 0 bridgehead atoms. The van der Waals surface area contributed by atoms with E-state index in [0.29, 0.717) is 5.88 Å². The zero-order valence-electron chi connectivity index (χ0n) is 7.21. The maximum atomic E-state index is 4.96. The highest BCUT2D eigenvalue weighted by atomic mass is 16.5. The first kappa shape index (κ1) is 7.79. The molecule has 2 heterocycles. The molecular weight excluding hydrogens is 166 g/mol. The standard InChI is InChI=1S/C9H9N3O/c1-13-9-5-7-12(11-9)8-4-2-3-6-10-8/h2-7H,1H3. The Bertz CT molecular complexity index is 383. The Kier molecular flexibility index (Phi) is 1.96. The first-order chi connectivity index (χ1) is 6.40. The summed E-state index contributed by atoms with van der Waals surface area (Å²) in [5.41, 5.74) is 0. The summed E-state index contributed by atoms with van der Waals surface area (Å²) >= 11 is 0. The first-order valence-corrected chi connectivity index (χ1v) is 3.91. The number of ether oxygens (including phenoxy) is 1. The van der Waals surface area contributed by atoms with Gasteiger partial charge in [0.2, 0.25) is 5.88 Å². The van der Waals surface area contributed by atoms with Gasteiger partial charge in [0, 0.05) is 18.5 Å². The second kappa shape index (κ2) is 3.26. The normalized spacial score (nSPS) is 9.92. The summed E-state index contributed by atoms with van der Waals surface area (Å²) in [5, 5.41) is 4.13. The summed E-state index contributed by atoms with van der Waals surface area (Å²) in [4.78, 5) is 4.14. The van der Waals surface area contributed by atoms with Gasteiger partial charge in [-0.1, -0.05) is 6.07 Å². The lowest BCUT2D eigenvalue weighted by atomic mass is 10.5. The van der Waals surface area contributed by atoms with Gasteiger partial charge in [0.15, 0.2) is 5.82 Å². The molecule has 0 aliphatic rings. The predicted molar refractivity (Wildman–Crippen MR) is 47.9 cm³/mol. The van der Waals surface area contributed by atoms with Gasteiger partial charge in [0.25, 0.3) is 0 Å². The lowest BCUT2D eigenvalue weighted by Crippen LogP contribution is -1.97. The van der Waals surface area contributed by atoms with Crippen LogP contribution in [0.25, 0.3) is 5.82 Å². The molecule has 0 saturated heterocycles. The smallest absolute Gasteiger partial charge is 0.232 e. The molecule has 0 spiro atoms. The van der Waals surface area contributed by atoms with E-state index in [4.69, 9.17) is 4.74 Å². The van der Waals surface area contributed by atoms with Crippen molar-refractivity contribution in [1.82, 2.24) is 14.8 Å². The average molecular weight is 175 g/mol. The van der Waals surface area contributed by atoms with Crippen molar-refractivity contribution < 1.29 is 4.74 Å². The Morgan fingerprint density at radius 2 is 2.23 bits per heavy atom. The molecule has 0 fully saturated rings. The third kappa shape index (κ3) is 1.51. The first-order valence-electron chi connectivity index (χ1n) is 3.91. The highest BCUT2D eigenvalue weighted by Gasteiger charge is 1.99. The van der Waals surface area contributed by atoms with Gasteiger partial charge >= 0.3 is 0 Å². The minimum absolute atomic E-state index is 0.589. The number of hydrogen-bond acceptors (Lipinski definition) is 3. The van der Waals surface area contributed by atoms with E-state index in [0.717, 1.165) is 5.82 Å². The average Bonchev–Trinajstić information content (AvgIpc) is 2.67. The maximum Gasteiger partial charge on any atom is 0.232 e. The van der Waals surface area contributed by atoms with Crippen LogP contribution in [0.1, 0.15) is 0 Å². The van der Waals surface area contributed by atoms with Crippen molar-refractivity contribution in [2.45, 2.75) is 0 Å². The second-order valence-corrected chi connectivity index (χ2v) is 2.49. The Hall–Kier alpha value is -1.84. The van der Waals surface area contributed by atoms with Crippen LogP contribution in [0, 0.1) is 0 Å². The minimum atomic E-state index is 0.589. The van der Waals surface area contributed by atoms with Crippen LogP contribution >= 0.6 is 0 Å². The maximum absolute atomic E-state index is 4.96. The SMILES string of the molecule is COc1ccn(-c2ccccn2)n1. The number of pyridine rings is 1. The summed E-state index contributed by atoms with van der Waals surface area (Å²) < 4.78 is 6.62. The van der Waals surface area contributed by atoms with Crippen molar-refractivity contribution in [3.05, 3.63) is 36.7 Å². The summed E-state index contributed by atoms with van der Waals surface area (Å²) in [7, 11) is 1.59. The van der Waals surface area contributed by atoms with Gasteiger partial charge in [0.05, 0.1) is 7.11 Å². The van der Waals surface area contributed by atoms with Crippen molar-refractivity contribution >= 4 is 0 Å². The molecule has 0 aliphatic heterocycles. The molecule has 0 saturated carbocycles. The molecule has 4 nitrogen and oxygen atoms in total. The Morgan fingerprint density at radius 1 is 1.31 bits per heavy atom. The van der Waals surface area contributed by atoms with Gasteiger partial charge in [-0.15, -0.1) is 5.10 Å². The second-order valence-electron chi connectivity index (χ2n) is 2.49. The third-order valence-electron chi connectivity index (χ3n) is 1.66. The Labute approximate surface area is 75.8 Å². The molecule has 0 unspecified atom stereocenters. The lowest BCUT2D eigenvalue weighted by Gasteiger charge is -1.97. The van der Waals surface area contributed by atoms with E-state index in [1.807, 2.05) is 18.2 Å². The topological polar surface area (TPSA) is 39.9 Å². The highest BCUT2D eigenvalue weighted by Crippen LogP contribution is 2.08. The van der Waals surface area contributed by atoms with E-state index < -0.39 is 0 Å². The molecule has 2 aromatic heterocycles. The summed E-state index contributed by atoms with van der Waals surface area (Å²) in [5.74, 6) is 1.37. The summed E-state index contributed by atoms with van der Waals surface area (Å²) in [6.45, 7) is 0. The minimum Gasteiger partial charge on any atom is -0.480 e. The van der Waals surface area contributed by atoms with E-state index in [9.17, 15) is 0 Å². The van der Waals surface area contributed by atoms with Gasteiger partial charge in [0.1, 0.15) is 0 Å². The van der Waals surface area contributed by atoms with Gasteiger partial charge in [-0.2, -0.15) is 0 Å². The number of nitrogens with zero attached hydrogens (tertiary/aromatic N) is 3. The summed E-state index contributed by atoms with van der Waals surface area (Å²) in [6.07, 6.45) is 3.53. The predicted octanol–water partition coefficient (Wildman–Crippen LogP) is 1.28. The van der Waals surface area contributed by atoms with Crippen LogP contribution in [0.3, 0.4) is 0 Å². The van der Waals surface area contributed by atoms with Gasteiger partial charge in [-0.3, -0.25) is 0 Å². The van der Waals surface area contributed by atoms with Crippen LogP contribution in [0.4, 0.5) is 0 Å². The highest BCUT2D eigenvalue weighted by molar-refractivity contribution is 5.22. The largest absolute Gasteiger partial charge is 0.480 e. The Balaban J connectivity index is 2.36. The fourth-order valence-electron chi connectivity index (χ4n) is 1.03. The number of aromatic nitrogens is 3. The molecule has 0 radical (unpaired) electrons. The third-order valence-corrected chi connectivity index (χ3v) is 1.66. The van der Waals surface area contributed by atoms with Gasteiger partial charge in [-0.25, -0.2) is 9.67 Å². The van der Waals surface area contributed by atoms with Crippen LogP contribution in [0.5, 0.6) is 5.88 Å². The van der Waals surface area contributed by atoms with Crippen molar-refractivity contribution in [3.8, 4) is 11.7 Å². The number of hydrogen-bond donors (Lipinski definition) is 0. The van der Waals surface area contributed by atoms with E-state index in [1.165, 1.54) is 0 Å². The van der Waals surface area contributed by atoms with Crippen LogP contribution in [-0.2, 0) is 0 Å². The zero-order valence-corrected chi connectivity index (χ0v) is 7.21. The number of rotatable bonds is 2. The molecule has 2 rings (SSSR count).